The molecule has 0 spiro atoms. The number of allylic oxidation sites excluding steroid dienone is 2. The SMILES string of the molecule is CN(C)Cc1cc(-c2ccoc2)c2c(c1O)C(=O)C1=C(O)[C@]3(O)C(=O)C(C(N)=O)=C(O)C[C@@H]3C[C@@H]1C2. The molecule has 1 heterocycles. The first-order valence-corrected chi connectivity index (χ1v) is 11.5. The second-order valence-electron chi connectivity index (χ2n) is 9.95. The van der Waals surface area contributed by atoms with E-state index < -0.39 is 52.0 Å². The smallest absolute Gasteiger partial charge is 0.255 e. The summed E-state index contributed by atoms with van der Waals surface area (Å²) in [6, 6.07) is 3.55. The number of benzene rings is 1. The molecule has 2 aromatic rings. The average molecular weight is 495 g/mol. The van der Waals surface area contributed by atoms with Crippen LogP contribution in [-0.4, -0.2) is 62.5 Å². The minimum atomic E-state index is -2.58. The number of aromatic hydroxyl groups is 1. The third-order valence-electron chi connectivity index (χ3n) is 7.46. The Morgan fingerprint density at radius 2 is 1.94 bits per heavy atom. The molecule has 6 N–H and O–H groups in total. The molecule has 0 aliphatic heterocycles. The second kappa shape index (κ2) is 8.07. The summed E-state index contributed by atoms with van der Waals surface area (Å²) in [6.07, 6.45) is 3.07. The average Bonchev–Trinajstić information content (AvgIpc) is 3.32. The number of carbonyl (C=O) groups excluding carboxylic acids is 3. The highest BCUT2D eigenvalue weighted by atomic mass is 16.3. The van der Waals surface area contributed by atoms with Gasteiger partial charge in [-0.15, -0.1) is 0 Å². The summed E-state index contributed by atoms with van der Waals surface area (Å²) in [7, 11) is 3.63. The van der Waals surface area contributed by atoms with E-state index in [-0.39, 0.29) is 36.1 Å². The number of hydrogen-bond acceptors (Lipinski definition) is 9. The zero-order chi connectivity index (χ0) is 26.1. The number of nitrogens with zero attached hydrogens (tertiary/aromatic N) is 1. The monoisotopic (exact) mass is 494 g/mol. The van der Waals surface area contributed by atoms with Crippen LogP contribution in [0, 0.1) is 11.8 Å². The van der Waals surface area contributed by atoms with Crippen LogP contribution in [0.25, 0.3) is 11.1 Å². The highest BCUT2D eigenvalue weighted by Crippen LogP contribution is 2.52. The minimum absolute atomic E-state index is 0.0119. The third-order valence-corrected chi connectivity index (χ3v) is 7.46. The van der Waals surface area contributed by atoms with E-state index in [2.05, 4.69) is 0 Å². The van der Waals surface area contributed by atoms with Gasteiger partial charge < -0.3 is 35.5 Å². The van der Waals surface area contributed by atoms with E-state index in [0.29, 0.717) is 28.8 Å². The molecule has 3 aliphatic carbocycles. The molecule has 10 nitrogen and oxygen atoms in total. The lowest BCUT2D eigenvalue weighted by Crippen LogP contribution is -2.57. The van der Waals surface area contributed by atoms with Crippen molar-refractivity contribution in [3.05, 3.63) is 64.0 Å². The van der Waals surface area contributed by atoms with Crippen LogP contribution in [0.5, 0.6) is 5.75 Å². The number of amides is 1. The van der Waals surface area contributed by atoms with Crippen molar-refractivity contribution in [2.45, 2.75) is 31.4 Å². The van der Waals surface area contributed by atoms with Crippen LogP contribution < -0.4 is 5.73 Å². The maximum absolute atomic E-state index is 13.9. The number of hydrogen-bond donors (Lipinski definition) is 5. The summed E-state index contributed by atoms with van der Waals surface area (Å²) in [5.41, 5.74) is 4.11. The molecule has 0 saturated carbocycles. The van der Waals surface area contributed by atoms with Crippen LogP contribution in [-0.2, 0) is 22.6 Å². The summed E-state index contributed by atoms with van der Waals surface area (Å²) in [6.45, 7) is 0.322. The van der Waals surface area contributed by atoms with Crippen LogP contribution in [0.3, 0.4) is 0 Å². The fraction of sp³-hybridized carbons (Fsp3) is 0.346. The lowest BCUT2D eigenvalue weighted by Gasteiger charge is -2.45. The van der Waals surface area contributed by atoms with Crippen molar-refractivity contribution in [2.24, 2.45) is 17.6 Å². The van der Waals surface area contributed by atoms with E-state index in [1.807, 2.05) is 19.0 Å². The highest BCUT2D eigenvalue weighted by molar-refractivity contribution is 6.24. The number of phenols is 1. The molecule has 0 unspecified atom stereocenters. The Morgan fingerprint density at radius 3 is 2.56 bits per heavy atom. The lowest BCUT2D eigenvalue weighted by atomic mass is 9.60. The van der Waals surface area contributed by atoms with E-state index in [1.54, 1.807) is 12.1 Å². The van der Waals surface area contributed by atoms with Crippen LogP contribution in [0.15, 0.2) is 51.7 Å². The largest absolute Gasteiger partial charge is 0.511 e. The molecule has 1 amide bonds. The number of aliphatic hydroxyl groups is 3. The molecule has 10 heteroatoms. The van der Waals surface area contributed by atoms with Gasteiger partial charge in [-0.3, -0.25) is 14.4 Å². The topological polar surface area (TPSA) is 175 Å². The third kappa shape index (κ3) is 3.21. The summed E-state index contributed by atoms with van der Waals surface area (Å²) in [4.78, 5) is 40.6. The van der Waals surface area contributed by atoms with Crippen molar-refractivity contribution < 1.29 is 39.2 Å². The second-order valence-corrected chi connectivity index (χ2v) is 9.95. The first kappa shape index (κ1) is 23.8. The van der Waals surface area contributed by atoms with Gasteiger partial charge in [-0.05, 0) is 56.1 Å². The Labute approximate surface area is 205 Å². The number of aliphatic hydroxyl groups excluding tert-OH is 2. The van der Waals surface area contributed by atoms with Crippen molar-refractivity contribution in [3.8, 4) is 16.9 Å². The molecule has 188 valence electrons. The van der Waals surface area contributed by atoms with Crippen LogP contribution >= 0.6 is 0 Å². The molecule has 0 radical (unpaired) electrons. The van der Waals surface area contributed by atoms with Gasteiger partial charge in [0.15, 0.2) is 11.4 Å². The van der Waals surface area contributed by atoms with E-state index in [1.165, 1.54) is 12.5 Å². The van der Waals surface area contributed by atoms with Gasteiger partial charge in [0.25, 0.3) is 5.91 Å². The van der Waals surface area contributed by atoms with E-state index in [9.17, 15) is 34.8 Å². The molecule has 1 aromatic heterocycles. The van der Waals surface area contributed by atoms with Crippen molar-refractivity contribution in [2.75, 3.05) is 14.1 Å². The maximum Gasteiger partial charge on any atom is 0.255 e. The van der Waals surface area contributed by atoms with Gasteiger partial charge >= 0.3 is 0 Å². The Hall–Kier alpha value is -3.89. The number of rotatable bonds is 4. The van der Waals surface area contributed by atoms with Crippen LogP contribution in [0.4, 0.5) is 0 Å². The van der Waals surface area contributed by atoms with Crippen LogP contribution in [0.2, 0.25) is 0 Å². The number of phenolic OH excluding ortho intramolecular Hbond substituents is 1. The molecule has 3 aliphatic rings. The van der Waals surface area contributed by atoms with Crippen LogP contribution in [0.1, 0.15) is 34.3 Å². The number of fused-ring (bicyclic) bond motifs is 3. The minimum Gasteiger partial charge on any atom is -0.511 e. The van der Waals surface area contributed by atoms with Gasteiger partial charge in [0.1, 0.15) is 22.8 Å². The van der Waals surface area contributed by atoms with E-state index >= 15 is 0 Å². The maximum atomic E-state index is 13.9. The van der Waals surface area contributed by atoms with Gasteiger partial charge in [-0.25, -0.2) is 0 Å². The van der Waals surface area contributed by atoms with Crippen molar-refractivity contribution >= 4 is 17.5 Å². The van der Waals surface area contributed by atoms with Crippen molar-refractivity contribution in [3.63, 3.8) is 0 Å². The molecule has 5 rings (SSSR count). The molecule has 0 fully saturated rings. The van der Waals surface area contributed by atoms with Gasteiger partial charge in [0.05, 0.1) is 18.1 Å². The summed E-state index contributed by atoms with van der Waals surface area (Å²) in [5.74, 6) is -6.42. The Balaban J connectivity index is 1.72. The number of furan rings is 1. The Kier molecular flexibility index (Phi) is 5.34. The number of primary amides is 1. The lowest BCUT2D eigenvalue weighted by molar-refractivity contribution is -0.144. The number of ketones is 2. The first-order chi connectivity index (χ1) is 17.0. The molecule has 3 atom stereocenters. The fourth-order valence-electron chi connectivity index (χ4n) is 5.88. The molecule has 0 saturated heterocycles. The predicted octanol–water partition coefficient (Wildman–Crippen LogP) is 1.90. The van der Waals surface area contributed by atoms with Gasteiger partial charge in [0.2, 0.25) is 5.78 Å². The van der Waals surface area contributed by atoms with Crippen molar-refractivity contribution in [1.29, 1.82) is 0 Å². The Bertz CT molecular complexity index is 1390. The van der Waals surface area contributed by atoms with E-state index in [4.69, 9.17) is 10.2 Å². The number of nitrogens with two attached hydrogens (primary N) is 1. The first-order valence-electron chi connectivity index (χ1n) is 11.5. The molecular weight excluding hydrogens is 468 g/mol. The predicted molar refractivity (Wildman–Crippen MR) is 126 cm³/mol. The van der Waals surface area contributed by atoms with Gasteiger partial charge in [-0.1, -0.05) is 0 Å². The van der Waals surface area contributed by atoms with Gasteiger partial charge in [0, 0.05) is 35.6 Å². The molecule has 1 aromatic carbocycles. The zero-order valence-corrected chi connectivity index (χ0v) is 19.7. The zero-order valence-electron chi connectivity index (χ0n) is 19.7. The summed E-state index contributed by atoms with van der Waals surface area (Å²) in [5, 5.41) is 44.0. The van der Waals surface area contributed by atoms with E-state index in [0.717, 1.165) is 0 Å². The summed E-state index contributed by atoms with van der Waals surface area (Å²) >= 11 is 0. The van der Waals surface area contributed by atoms with Gasteiger partial charge in [-0.2, -0.15) is 0 Å². The highest BCUT2D eigenvalue weighted by Gasteiger charge is 2.59. The number of carbonyl (C=O) groups is 3. The Morgan fingerprint density at radius 1 is 1.22 bits per heavy atom. The molecule has 0 bridgehead atoms. The van der Waals surface area contributed by atoms with Crippen molar-refractivity contribution in [1.82, 2.24) is 4.90 Å². The number of Topliss-reactive ketones (excluding diaryl/α,β-unsaturated/α-hetero) is 2. The molecule has 36 heavy (non-hydrogen) atoms. The normalized spacial score (nSPS) is 25.7. The standard InChI is InChI=1S/C26H26N2O8/c1-28(2)9-13-7-15(11-3-4-36-10-11)16-6-12-5-14-8-17(29)20(25(27)34)24(33)26(14,35)23(32)18(12)22(31)19(16)21(13)30/h3-4,7,10,12,14,29-30,32,35H,5-6,8-9H2,1-2H3,(H2,27,34)/t12-,14+,26+/m1/s1. The quantitative estimate of drug-likeness (QED) is 0.398. The molecular formula is C26H26N2O8. The fourth-order valence-corrected chi connectivity index (χ4v) is 5.88. The summed E-state index contributed by atoms with van der Waals surface area (Å²) < 4.78 is 5.25.